The van der Waals surface area contributed by atoms with Gasteiger partial charge in [-0.25, -0.2) is 0 Å². The summed E-state index contributed by atoms with van der Waals surface area (Å²) in [4.78, 5) is 10.9. The predicted molar refractivity (Wildman–Crippen MR) is 68.1 cm³/mol. The number of amides is 1. The number of primary amides is 1. The van der Waals surface area contributed by atoms with Crippen LogP contribution in [0.4, 0.5) is 0 Å². The third kappa shape index (κ3) is 3.33. The molecule has 2 rings (SSSR count). The number of hydrogen-bond acceptors (Lipinski definition) is 5. The molecule has 0 fully saturated rings. The number of aromatic nitrogens is 2. The van der Waals surface area contributed by atoms with Gasteiger partial charge in [-0.1, -0.05) is 42.1 Å². The van der Waals surface area contributed by atoms with E-state index in [0.717, 1.165) is 5.56 Å². The van der Waals surface area contributed by atoms with Gasteiger partial charge in [-0.3, -0.25) is 4.79 Å². The number of carbonyl (C=O) groups excluding carboxylic acids is 1. The quantitative estimate of drug-likeness (QED) is 0.829. The monoisotopic (exact) mass is 263 g/mol. The highest BCUT2D eigenvalue weighted by Gasteiger charge is 2.15. The number of rotatable bonds is 5. The van der Waals surface area contributed by atoms with Gasteiger partial charge >= 0.3 is 0 Å². The van der Waals surface area contributed by atoms with Crippen LogP contribution in [0.3, 0.4) is 0 Å². The van der Waals surface area contributed by atoms with Gasteiger partial charge in [0.2, 0.25) is 11.8 Å². The van der Waals surface area contributed by atoms with E-state index in [0.29, 0.717) is 17.5 Å². The van der Waals surface area contributed by atoms with E-state index in [1.807, 2.05) is 30.3 Å². The van der Waals surface area contributed by atoms with Crippen LogP contribution in [0, 0.1) is 0 Å². The molecule has 1 aromatic heterocycles. The summed E-state index contributed by atoms with van der Waals surface area (Å²) < 4.78 is 5.44. The Labute approximate surface area is 109 Å². The maximum Gasteiger partial charge on any atom is 0.277 e. The van der Waals surface area contributed by atoms with Crippen LogP contribution in [0.2, 0.25) is 0 Å². The SMILES string of the molecule is C[C@H](Sc1nnc(Cc2ccccc2)o1)C(N)=O. The van der Waals surface area contributed by atoms with E-state index < -0.39 is 5.91 Å². The molecule has 0 saturated heterocycles. The molecule has 0 unspecified atom stereocenters. The summed E-state index contributed by atoms with van der Waals surface area (Å²) in [5, 5.41) is 7.80. The molecule has 0 aliphatic rings. The molecule has 18 heavy (non-hydrogen) atoms. The number of hydrogen-bond donors (Lipinski definition) is 1. The highest BCUT2D eigenvalue weighted by molar-refractivity contribution is 8.00. The Balaban J connectivity index is 2.00. The first-order chi connectivity index (χ1) is 8.65. The normalized spacial score (nSPS) is 12.3. The Kier molecular flexibility index (Phi) is 3.99. The Hall–Kier alpha value is -1.82. The van der Waals surface area contributed by atoms with Crippen molar-refractivity contribution in [1.29, 1.82) is 0 Å². The summed E-state index contributed by atoms with van der Waals surface area (Å²) in [5.74, 6) is 0.128. The van der Waals surface area contributed by atoms with Gasteiger partial charge in [0.1, 0.15) is 0 Å². The minimum Gasteiger partial charge on any atom is -0.416 e. The Bertz CT molecular complexity index is 527. The summed E-state index contributed by atoms with van der Waals surface area (Å²) in [6.45, 7) is 1.70. The number of benzene rings is 1. The second-order valence-electron chi connectivity index (χ2n) is 3.79. The number of carbonyl (C=O) groups is 1. The molecule has 5 nitrogen and oxygen atoms in total. The molecule has 0 bridgehead atoms. The fourth-order valence-electron chi connectivity index (χ4n) is 1.34. The van der Waals surface area contributed by atoms with Crippen LogP contribution in [0.25, 0.3) is 0 Å². The van der Waals surface area contributed by atoms with Gasteiger partial charge in [0.15, 0.2) is 0 Å². The standard InChI is InChI=1S/C12H13N3O2S/c1-8(11(13)16)18-12-15-14-10(17-12)7-9-5-3-2-4-6-9/h2-6,8H,7H2,1H3,(H2,13,16)/t8-/m0/s1. The molecule has 1 amide bonds. The highest BCUT2D eigenvalue weighted by Crippen LogP contribution is 2.22. The zero-order valence-corrected chi connectivity index (χ0v) is 10.7. The first kappa shape index (κ1) is 12.6. The van der Waals surface area contributed by atoms with Crippen molar-refractivity contribution in [2.24, 2.45) is 5.73 Å². The maximum absolute atomic E-state index is 10.9. The number of thioether (sulfide) groups is 1. The van der Waals surface area contributed by atoms with Gasteiger partial charge in [-0.2, -0.15) is 0 Å². The van der Waals surface area contributed by atoms with Crippen molar-refractivity contribution < 1.29 is 9.21 Å². The second-order valence-corrected chi connectivity index (χ2v) is 5.08. The average molecular weight is 263 g/mol. The molecule has 0 radical (unpaired) electrons. The molecular formula is C12H13N3O2S. The van der Waals surface area contributed by atoms with Crippen LogP contribution >= 0.6 is 11.8 Å². The summed E-state index contributed by atoms with van der Waals surface area (Å²) >= 11 is 1.17. The molecule has 2 aromatic rings. The minimum absolute atomic E-state index is 0.368. The topological polar surface area (TPSA) is 82.0 Å². The molecule has 1 aromatic carbocycles. The zero-order valence-electron chi connectivity index (χ0n) is 9.87. The molecule has 0 spiro atoms. The van der Waals surface area contributed by atoms with Crippen molar-refractivity contribution in [2.45, 2.75) is 23.8 Å². The molecule has 94 valence electrons. The van der Waals surface area contributed by atoms with Crippen molar-refractivity contribution in [3.05, 3.63) is 41.8 Å². The van der Waals surface area contributed by atoms with E-state index in [-0.39, 0.29) is 5.25 Å². The molecule has 1 atom stereocenters. The summed E-state index contributed by atoms with van der Waals surface area (Å²) in [5.41, 5.74) is 6.26. The van der Waals surface area contributed by atoms with Crippen LogP contribution in [0.5, 0.6) is 0 Å². The Morgan fingerprint density at radius 1 is 1.39 bits per heavy atom. The molecular weight excluding hydrogens is 250 g/mol. The average Bonchev–Trinajstić information content (AvgIpc) is 2.77. The van der Waals surface area contributed by atoms with Crippen LogP contribution in [-0.2, 0) is 11.2 Å². The lowest BCUT2D eigenvalue weighted by molar-refractivity contribution is -0.117. The lowest BCUT2D eigenvalue weighted by Gasteiger charge is -2.00. The Morgan fingerprint density at radius 2 is 2.11 bits per heavy atom. The predicted octanol–water partition coefficient (Wildman–Crippen LogP) is 1.63. The lowest BCUT2D eigenvalue weighted by atomic mass is 10.2. The van der Waals surface area contributed by atoms with E-state index in [2.05, 4.69) is 10.2 Å². The van der Waals surface area contributed by atoms with E-state index in [1.54, 1.807) is 6.92 Å². The van der Waals surface area contributed by atoms with Crippen molar-refractivity contribution in [2.75, 3.05) is 0 Å². The third-order valence-electron chi connectivity index (χ3n) is 2.32. The van der Waals surface area contributed by atoms with Gasteiger partial charge in [-0.15, -0.1) is 10.2 Å². The van der Waals surface area contributed by atoms with Gasteiger partial charge in [0.25, 0.3) is 5.22 Å². The zero-order chi connectivity index (χ0) is 13.0. The van der Waals surface area contributed by atoms with E-state index in [1.165, 1.54) is 11.8 Å². The van der Waals surface area contributed by atoms with Crippen molar-refractivity contribution in [1.82, 2.24) is 10.2 Å². The smallest absolute Gasteiger partial charge is 0.277 e. The summed E-state index contributed by atoms with van der Waals surface area (Å²) in [7, 11) is 0. The van der Waals surface area contributed by atoms with Gasteiger partial charge in [0.05, 0.1) is 11.7 Å². The van der Waals surface area contributed by atoms with Crippen LogP contribution in [-0.4, -0.2) is 21.4 Å². The molecule has 2 N–H and O–H groups in total. The van der Waals surface area contributed by atoms with Crippen molar-refractivity contribution in [3.8, 4) is 0 Å². The van der Waals surface area contributed by atoms with Gasteiger partial charge in [0, 0.05) is 0 Å². The third-order valence-corrected chi connectivity index (χ3v) is 3.28. The van der Waals surface area contributed by atoms with E-state index in [4.69, 9.17) is 10.2 Å². The Morgan fingerprint density at radius 3 is 2.78 bits per heavy atom. The summed E-state index contributed by atoms with van der Waals surface area (Å²) in [6.07, 6.45) is 0.583. The first-order valence-corrected chi connectivity index (χ1v) is 6.35. The van der Waals surface area contributed by atoms with Crippen LogP contribution in [0.15, 0.2) is 40.0 Å². The van der Waals surface area contributed by atoms with Crippen LogP contribution < -0.4 is 5.73 Å². The molecule has 0 aliphatic heterocycles. The van der Waals surface area contributed by atoms with Crippen LogP contribution in [0.1, 0.15) is 18.4 Å². The number of nitrogens with two attached hydrogens (primary N) is 1. The highest BCUT2D eigenvalue weighted by atomic mass is 32.2. The van der Waals surface area contributed by atoms with Gasteiger partial charge < -0.3 is 10.2 Å². The van der Waals surface area contributed by atoms with Gasteiger partial charge in [-0.05, 0) is 12.5 Å². The maximum atomic E-state index is 10.9. The van der Waals surface area contributed by atoms with Crippen molar-refractivity contribution >= 4 is 17.7 Å². The molecule has 0 saturated carbocycles. The van der Waals surface area contributed by atoms with Crippen molar-refractivity contribution in [3.63, 3.8) is 0 Å². The van der Waals surface area contributed by atoms with E-state index >= 15 is 0 Å². The fraction of sp³-hybridized carbons (Fsp3) is 0.250. The number of nitrogens with zero attached hydrogens (tertiary/aromatic N) is 2. The molecule has 1 heterocycles. The second kappa shape index (κ2) is 5.68. The summed E-state index contributed by atoms with van der Waals surface area (Å²) in [6, 6.07) is 9.84. The molecule has 6 heteroatoms. The van der Waals surface area contributed by atoms with E-state index in [9.17, 15) is 4.79 Å². The minimum atomic E-state index is -0.400. The molecule has 0 aliphatic carbocycles. The first-order valence-electron chi connectivity index (χ1n) is 5.47. The largest absolute Gasteiger partial charge is 0.416 e. The fourth-order valence-corrected chi connectivity index (χ4v) is 1.99. The lowest BCUT2D eigenvalue weighted by Crippen LogP contribution is -2.22.